The van der Waals surface area contributed by atoms with E-state index in [1.807, 2.05) is 24.3 Å². The fourth-order valence-corrected chi connectivity index (χ4v) is 5.96. The molecule has 0 atom stereocenters. The van der Waals surface area contributed by atoms with Crippen molar-refractivity contribution < 1.29 is 9.36 Å². The second-order valence-corrected chi connectivity index (χ2v) is 11.5. The fourth-order valence-electron chi connectivity index (χ4n) is 5.70. The first-order valence-corrected chi connectivity index (χ1v) is 14.5. The molecule has 4 nitrogen and oxygen atoms in total. The van der Waals surface area contributed by atoms with E-state index in [1.54, 1.807) is 0 Å². The number of aryl methyl sites for hydroxylation is 4. The van der Waals surface area contributed by atoms with Crippen LogP contribution in [0.1, 0.15) is 40.7 Å². The van der Waals surface area contributed by atoms with Crippen molar-refractivity contribution >= 4 is 54.6 Å². The summed E-state index contributed by atoms with van der Waals surface area (Å²) in [6.45, 7) is 6.59. The predicted molar refractivity (Wildman–Crippen MR) is 163 cm³/mol. The van der Waals surface area contributed by atoms with E-state index in [9.17, 15) is 4.79 Å². The maximum Gasteiger partial charge on any atom is 0.245 e. The Morgan fingerprint density at radius 2 is 1.36 bits per heavy atom. The van der Waals surface area contributed by atoms with Crippen LogP contribution in [-0.4, -0.2) is 14.9 Å². The van der Waals surface area contributed by atoms with Crippen molar-refractivity contribution in [2.45, 2.75) is 52.7 Å². The summed E-state index contributed by atoms with van der Waals surface area (Å²) in [4.78, 5) is 13.1. The molecular weight excluding hydrogens is 546 g/mol. The zero-order chi connectivity index (χ0) is 26.9. The van der Waals surface area contributed by atoms with Crippen LogP contribution in [0.4, 0.5) is 0 Å². The van der Waals surface area contributed by atoms with E-state index in [2.05, 4.69) is 110 Å². The molecular formula is C34H33BrN3O+. The Morgan fingerprint density at radius 3 is 2.05 bits per heavy atom. The van der Waals surface area contributed by atoms with E-state index < -0.39 is 0 Å². The summed E-state index contributed by atoms with van der Waals surface area (Å²) >= 11 is 3.46. The summed E-state index contributed by atoms with van der Waals surface area (Å²) in [5.41, 5.74) is 8.21. The number of ketones is 1. The lowest BCUT2D eigenvalue weighted by Crippen LogP contribution is -2.37. The van der Waals surface area contributed by atoms with Crippen molar-refractivity contribution in [1.82, 2.24) is 9.13 Å². The average molecular weight is 580 g/mol. The van der Waals surface area contributed by atoms with Gasteiger partial charge in [0.05, 0.1) is 6.54 Å². The molecule has 0 N–H and O–H groups in total. The van der Waals surface area contributed by atoms with Gasteiger partial charge in [0.1, 0.15) is 0 Å². The topological polar surface area (TPSA) is 30.8 Å². The monoisotopic (exact) mass is 578 g/mol. The number of aromatic nitrogens is 3. The minimum atomic E-state index is 0.121. The van der Waals surface area contributed by atoms with Gasteiger partial charge in [-0.2, -0.15) is 0 Å². The van der Waals surface area contributed by atoms with Crippen LogP contribution in [0.2, 0.25) is 0 Å². The SMILES string of the molecule is Cc1cc2c(cc1C)[n+](CC(=O)c1ccc(Br)cc1)cn2CCCCCn1c2ccccc2c2ccccc21. The molecule has 4 aromatic carbocycles. The third-order valence-electron chi connectivity index (χ3n) is 7.93. The van der Waals surface area contributed by atoms with E-state index in [0.717, 1.165) is 47.9 Å². The largest absolute Gasteiger partial charge is 0.340 e. The van der Waals surface area contributed by atoms with Gasteiger partial charge in [0.15, 0.2) is 17.6 Å². The Balaban J connectivity index is 1.17. The first-order valence-electron chi connectivity index (χ1n) is 13.7. The highest BCUT2D eigenvalue weighted by atomic mass is 79.9. The lowest BCUT2D eigenvalue weighted by atomic mass is 10.1. The number of para-hydroxylation sites is 2. The first-order chi connectivity index (χ1) is 19.0. The molecule has 6 aromatic rings. The van der Waals surface area contributed by atoms with Crippen molar-refractivity contribution in [3.63, 3.8) is 0 Å². The van der Waals surface area contributed by atoms with Crippen molar-refractivity contribution in [3.8, 4) is 0 Å². The van der Waals surface area contributed by atoms with Crippen LogP contribution in [0.3, 0.4) is 0 Å². The highest BCUT2D eigenvalue weighted by Crippen LogP contribution is 2.29. The number of halogens is 1. The Labute approximate surface area is 237 Å². The maximum atomic E-state index is 13.1. The van der Waals surface area contributed by atoms with Gasteiger partial charge in [-0.25, -0.2) is 9.13 Å². The molecule has 0 bridgehead atoms. The molecule has 2 aromatic heterocycles. The van der Waals surface area contributed by atoms with Gasteiger partial charge in [0.2, 0.25) is 12.1 Å². The van der Waals surface area contributed by atoms with Crippen LogP contribution in [0.15, 0.2) is 95.7 Å². The van der Waals surface area contributed by atoms with Crippen LogP contribution in [0.25, 0.3) is 32.8 Å². The van der Waals surface area contributed by atoms with E-state index in [4.69, 9.17) is 0 Å². The number of unbranched alkanes of at least 4 members (excludes halogenated alkanes) is 2. The van der Waals surface area contributed by atoms with Crippen LogP contribution in [0, 0.1) is 13.8 Å². The van der Waals surface area contributed by atoms with Gasteiger partial charge in [-0.1, -0.05) is 64.5 Å². The van der Waals surface area contributed by atoms with Gasteiger partial charge in [0, 0.05) is 38.4 Å². The molecule has 0 saturated carbocycles. The van der Waals surface area contributed by atoms with Crippen molar-refractivity contribution in [1.29, 1.82) is 0 Å². The number of Topliss-reactive ketones (excluding diaryl/α,β-unsaturated/α-hetero) is 1. The Kier molecular flexibility index (Phi) is 7.09. The van der Waals surface area contributed by atoms with Crippen LogP contribution < -0.4 is 4.57 Å². The molecule has 196 valence electrons. The quantitative estimate of drug-likeness (QED) is 0.0966. The summed E-state index contributed by atoms with van der Waals surface area (Å²) < 4.78 is 7.90. The van der Waals surface area contributed by atoms with Gasteiger partial charge < -0.3 is 4.57 Å². The number of imidazole rings is 1. The average Bonchev–Trinajstić information content (AvgIpc) is 3.44. The van der Waals surface area contributed by atoms with Crippen molar-refractivity contribution in [2.75, 3.05) is 0 Å². The third-order valence-corrected chi connectivity index (χ3v) is 8.46. The van der Waals surface area contributed by atoms with E-state index in [-0.39, 0.29) is 5.78 Å². The molecule has 0 fully saturated rings. The second-order valence-electron chi connectivity index (χ2n) is 10.5. The summed E-state index contributed by atoms with van der Waals surface area (Å²) in [6, 6.07) is 29.6. The summed E-state index contributed by atoms with van der Waals surface area (Å²) in [5, 5.41) is 2.67. The van der Waals surface area contributed by atoms with E-state index in [1.165, 1.54) is 38.4 Å². The number of rotatable bonds is 9. The number of fused-ring (bicyclic) bond motifs is 4. The second kappa shape index (κ2) is 10.8. The number of carbonyl (C=O) groups excluding carboxylic acids is 1. The van der Waals surface area contributed by atoms with E-state index in [0.29, 0.717) is 6.54 Å². The Hall–Kier alpha value is -3.70. The van der Waals surface area contributed by atoms with Gasteiger partial charge in [0.25, 0.3) is 0 Å². The van der Waals surface area contributed by atoms with Crippen LogP contribution >= 0.6 is 15.9 Å². The van der Waals surface area contributed by atoms with Crippen LogP contribution in [-0.2, 0) is 19.6 Å². The third kappa shape index (κ3) is 5.04. The van der Waals surface area contributed by atoms with Crippen molar-refractivity contribution in [3.05, 3.63) is 112 Å². The molecule has 39 heavy (non-hydrogen) atoms. The smallest absolute Gasteiger partial charge is 0.245 e. The fraction of sp³-hybridized carbons (Fsp3) is 0.235. The van der Waals surface area contributed by atoms with Gasteiger partial charge >= 0.3 is 0 Å². The highest BCUT2D eigenvalue weighted by molar-refractivity contribution is 9.10. The molecule has 0 aliphatic carbocycles. The molecule has 6 rings (SSSR count). The maximum absolute atomic E-state index is 13.1. The molecule has 0 spiro atoms. The standard InChI is InChI=1S/C34H33BrN3O/c1-24-20-32-33(21-25(24)2)37(22-34(39)26-14-16-27(35)17-15-26)23-36(32)18-8-3-9-19-38-30-12-6-4-10-28(30)29-11-5-7-13-31(29)38/h4-7,10-17,20-21,23H,3,8-9,18-19,22H2,1-2H3/q+1. The van der Waals surface area contributed by atoms with Gasteiger partial charge in [-0.3, -0.25) is 4.79 Å². The van der Waals surface area contributed by atoms with Crippen LogP contribution in [0.5, 0.6) is 0 Å². The van der Waals surface area contributed by atoms with Gasteiger partial charge in [-0.15, -0.1) is 0 Å². The molecule has 2 heterocycles. The molecule has 5 heteroatoms. The zero-order valence-electron chi connectivity index (χ0n) is 22.5. The number of carbonyl (C=O) groups is 1. The molecule has 0 aliphatic rings. The Bertz CT molecular complexity index is 1760. The number of nitrogens with zero attached hydrogens (tertiary/aromatic N) is 3. The molecule has 0 amide bonds. The van der Waals surface area contributed by atoms with E-state index >= 15 is 0 Å². The first kappa shape index (κ1) is 25.6. The molecule has 0 unspecified atom stereocenters. The number of benzene rings is 4. The van der Waals surface area contributed by atoms with Gasteiger partial charge in [-0.05, 0) is 80.6 Å². The minimum absolute atomic E-state index is 0.121. The summed E-state index contributed by atoms with van der Waals surface area (Å²) in [5.74, 6) is 0.121. The number of hydrogen-bond acceptors (Lipinski definition) is 1. The lowest BCUT2D eigenvalue weighted by molar-refractivity contribution is -0.658. The molecule has 0 radical (unpaired) electrons. The lowest BCUT2D eigenvalue weighted by Gasteiger charge is -2.07. The zero-order valence-corrected chi connectivity index (χ0v) is 24.1. The molecule has 0 saturated heterocycles. The van der Waals surface area contributed by atoms with Crippen molar-refractivity contribution in [2.24, 2.45) is 0 Å². The molecule has 0 aliphatic heterocycles. The highest BCUT2D eigenvalue weighted by Gasteiger charge is 2.20. The summed E-state index contributed by atoms with van der Waals surface area (Å²) in [7, 11) is 0. The number of hydrogen-bond donors (Lipinski definition) is 0. The summed E-state index contributed by atoms with van der Waals surface area (Å²) in [6.07, 6.45) is 5.49. The normalized spacial score (nSPS) is 11.7. The minimum Gasteiger partial charge on any atom is -0.340 e. The Morgan fingerprint density at radius 1 is 0.744 bits per heavy atom. The predicted octanol–water partition coefficient (Wildman–Crippen LogP) is 8.17.